The topological polar surface area (TPSA) is 77.2 Å². The predicted octanol–water partition coefficient (Wildman–Crippen LogP) is 3.20. The maximum atomic E-state index is 11.6. The summed E-state index contributed by atoms with van der Waals surface area (Å²) in [5.41, 5.74) is 4.95. The number of hydrogen-bond donors (Lipinski definition) is 1. The van der Waals surface area contributed by atoms with Gasteiger partial charge in [0.05, 0.1) is 11.5 Å². The lowest BCUT2D eigenvalue weighted by Gasteiger charge is -2.04. The Kier molecular flexibility index (Phi) is 11.8. The molecule has 2 N–H and O–H groups in total. The van der Waals surface area contributed by atoms with Crippen molar-refractivity contribution in [2.45, 2.75) is 77.6 Å². The Balaban J connectivity index is 3.37. The molecule has 0 fully saturated rings. The van der Waals surface area contributed by atoms with Gasteiger partial charge >= 0.3 is 0 Å². The van der Waals surface area contributed by atoms with Gasteiger partial charge in [0.25, 0.3) is 0 Å². The third-order valence-corrected chi connectivity index (χ3v) is 5.21. The van der Waals surface area contributed by atoms with Crippen LogP contribution in [-0.4, -0.2) is 25.8 Å². The van der Waals surface area contributed by atoms with Gasteiger partial charge in [0, 0.05) is 6.42 Å². The zero-order valence-corrected chi connectivity index (χ0v) is 13.7. The number of amides is 1. The van der Waals surface area contributed by atoms with Crippen molar-refractivity contribution in [1.29, 1.82) is 0 Å². The molecule has 0 aliphatic rings. The van der Waals surface area contributed by atoms with E-state index in [4.69, 9.17) is 5.73 Å². The summed E-state index contributed by atoms with van der Waals surface area (Å²) in [5.74, 6) is -0.451. The molecule has 0 aliphatic heterocycles. The van der Waals surface area contributed by atoms with Gasteiger partial charge in [-0.25, -0.2) is 8.42 Å². The van der Waals surface area contributed by atoms with E-state index in [1.165, 1.54) is 44.9 Å². The third kappa shape index (κ3) is 13.8. The molecular formula is C15H31NO3S. The summed E-state index contributed by atoms with van der Waals surface area (Å²) < 4.78 is 23.1. The molecule has 0 saturated carbocycles. The average Bonchev–Trinajstić information content (AvgIpc) is 2.39. The molecule has 1 amide bonds. The van der Waals surface area contributed by atoms with Crippen LogP contribution in [0.3, 0.4) is 0 Å². The molecule has 0 aromatic rings. The Bertz CT molecular complexity index is 339. The van der Waals surface area contributed by atoms with Gasteiger partial charge in [0.1, 0.15) is 0 Å². The van der Waals surface area contributed by atoms with Crippen molar-refractivity contribution in [3.05, 3.63) is 0 Å². The third-order valence-electron chi connectivity index (χ3n) is 3.47. The average molecular weight is 305 g/mol. The fraction of sp³-hybridized carbons (Fsp3) is 0.933. The second kappa shape index (κ2) is 12.2. The Hall–Kier alpha value is -0.580. The summed E-state index contributed by atoms with van der Waals surface area (Å²) in [7, 11) is -3.09. The molecule has 5 heteroatoms. The molecule has 20 heavy (non-hydrogen) atoms. The van der Waals surface area contributed by atoms with Gasteiger partial charge in [-0.05, 0) is 6.42 Å². The van der Waals surface area contributed by atoms with Crippen molar-refractivity contribution in [3.63, 3.8) is 0 Å². The summed E-state index contributed by atoms with van der Waals surface area (Å²) in [5, 5.41) is 0. The van der Waals surface area contributed by atoms with Crippen molar-refractivity contribution in [2.24, 2.45) is 5.73 Å². The molecule has 0 aromatic carbocycles. The minimum atomic E-state index is -3.09. The van der Waals surface area contributed by atoms with Gasteiger partial charge in [-0.15, -0.1) is 0 Å². The van der Waals surface area contributed by atoms with Crippen molar-refractivity contribution in [1.82, 2.24) is 0 Å². The lowest BCUT2D eigenvalue weighted by atomic mass is 10.1. The summed E-state index contributed by atoms with van der Waals surface area (Å²) in [6.07, 6.45) is 11.8. The number of hydrogen-bond acceptors (Lipinski definition) is 3. The largest absolute Gasteiger partial charge is 0.370 e. The summed E-state index contributed by atoms with van der Waals surface area (Å²) in [6.45, 7) is 2.22. The molecule has 0 unspecified atom stereocenters. The van der Waals surface area contributed by atoms with Crippen LogP contribution in [0.4, 0.5) is 0 Å². The Labute approximate surface area is 124 Å². The molecule has 0 heterocycles. The number of carbonyl (C=O) groups excluding carboxylic acids is 1. The molecule has 0 bridgehead atoms. The SMILES string of the molecule is CCCCCCCCCCCCS(=O)(=O)CCC(N)=O. The highest BCUT2D eigenvalue weighted by atomic mass is 32.2. The Morgan fingerprint density at radius 3 is 1.70 bits per heavy atom. The highest BCUT2D eigenvalue weighted by Crippen LogP contribution is 2.11. The standard InChI is InChI=1S/C15H31NO3S/c1-2-3-4-5-6-7-8-9-10-11-13-20(18,19)14-12-15(16)17/h2-14H2,1H3,(H2,16,17). The van der Waals surface area contributed by atoms with Crippen LogP contribution in [0.15, 0.2) is 0 Å². The molecule has 0 rings (SSSR count). The van der Waals surface area contributed by atoms with Crippen LogP contribution < -0.4 is 5.73 Å². The summed E-state index contributed by atoms with van der Waals surface area (Å²) in [4.78, 5) is 10.5. The first-order valence-electron chi connectivity index (χ1n) is 7.96. The van der Waals surface area contributed by atoms with Crippen molar-refractivity contribution < 1.29 is 13.2 Å². The van der Waals surface area contributed by atoms with Crippen LogP contribution in [-0.2, 0) is 14.6 Å². The van der Waals surface area contributed by atoms with E-state index >= 15 is 0 Å². The van der Waals surface area contributed by atoms with E-state index in [0.717, 1.165) is 12.8 Å². The van der Waals surface area contributed by atoms with E-state index in [0.29, 0.717) is 6.42 Å². The van der Waals surface area contributed by atoms with Crippen molar-refractivity contribution >= 4 is 15.7 Å². The van der Waals surface area contributed by atoms with Crippen LogP contribution in [0.1, 0.15) is 77.6 Å². The number of nitrogens with two attached hydrogens (primary N) is 1. The number of sulfone groups is 1. The maximum absolute atomic E-state index is 11.6. The lowest BCUT2D eigenvalue weighted by molar-refractivity contribution is -0.117. The summed E-state index contributed by atoms with van der Waals surface area (Å²) in [6, 6.07) is 0. The molecular weight excluding hydrogens is 274 g/mol. The first kappa shape index (κ1) is 19.4. The van der Waals surface area contributed by atoms with Gasteiger partial charge in [0.2, 0.25) is 5.91 Å². The van der Waals surface area contributed by atoms with Gasteiger partial charge in [-0.1, -0.05) is 64.7 Å². The minimum Gasteiger partial charge on any atom is -0.370 e. The molecule has 0 atom stereocenters. The van der Waals surface area contributed by atoms with Crippen LogP contribution in [0.5, 0.6) is 0 Å². The molecule has 120 valence electrons. The van der Waals surface area contributed by atoms with E-state index in [-0.39, 0.29) is 17.9 Å². The van der Waals surface area contributed by atoms with Crippen LogP contribution >= 0.6 is 0 Å². The lowest BCUT2D eigenvalue weighted by Crippen LogP contribution is -2.19. The van der Waals surface area contributed by atoms with Gasteiger partial charge in [0.15, 0.2) is 9.84 Å². The van der Waals surface area contributed by atoms with E-state index < -0.39 is 15.7 Å². The normalized spacial score (nSPS) is 11.7. The van der Waals surface area contributed by atoms with E-state index in [9.17, 15) is 13.2 Å². The quantitative estimate of drug-likeness (QED) is 0.501. The second-order valence-corrected chi connectivity index (χ2v) is 7.85. The zero-order chi connectivity index (χ0) is 15.3. The van der Waals surface area contributed by atoms with E-state index in [2.05, 4.69) is 6.92 Å². The number of primary amides is 1. The maximum Gasteiger partial charge on any atom is 0.218 e. The monoisotopic (exact) mass is 305 g/mol. The van der Waals surface area contributed by atoms with Gasteiger partial charge in [-0.3, -0.25) is 4.79 Å². The predicted molar refractivity (Wildman–Crippen MR) is 84.3 cm³/mol. The second-order valence-electron chi connectivity index (χ2n) is 5.55. The number of unbranched alkanes of at least 4 members (excludes halogenated alkanes) is 9. The van der Waals surface area contributed by atoms with Crippen molar-refractivity contribution in [2.75, 3.05) is 11.5 Å². The van der Waals surface area contributed by atoms with Gasteiger partial charge < -0.3 is 5.73 Å². The van der Waals surface area contributed by atoms with Crippen LogP contribution in [0, 0.1) is 0 Å². The molecule has 0 aliphatic carbocycles. The van der Waals surface area contributed by atoms with E-state index in [1.54, 1.807) is 0 Å². The fourth-order valence-electron chi connectivity index (χ4n) is 2.17. The first-order valence-corrected chi connectivity index (χ1v) is 9.79. The smallest absolute Gasteiger partial charge is 0.218 e. The van der Waals surface area contributed by atoms with Gasteiger partial charge in [-0.2, -0.15) is 0 Å². The fourth-order valence-corrected chi connectivity index (χ4v) is 3.53. The zero-order valence-electron chi connectivity index (χ0n) is 12.9. The number of rotatable bonds is 14. The minimum absolute atomic E-state index is 0.0555. The molecule has 0 aromatic heterocycles. The first-order chi connectivity index (χ1) is 9.48. The highest BCUT2D eigenvalue weighted by Gasteiger charge is 2.11. The van der Waals surface area contributed by atoms with Crippen molar-refractivity contribution in [3.8, 4) is 0 Å². The Morgan fingerprint density at radius 2 is 1.25 bits per heavy atom. The summed E-state index contributed by atoms with van der Waals surface area (Å²) >= 11 is 0. The molecule has 0 spiro atoms. The van der Waals surface area contributed by atoms with Crippen LogP contribution in [0.2, 0.25) is 0 Å². The van der Waals surface area contributed by atoms with Crippen LogP contribution in [0.25, 0.3) is 0 Å². The molecule has 0 radical (unpaired) electrons. The molecule has 4 nitrogen and oxygen atoms in total. The Morgan fingerprint density at radius 1 is 0.800 bits per heavy atom. The highest BCUT2D eigenvalue weighted by molar-refractivity contribution is 7.91. The molecule has 0 saturated heterocycles. The number of carbonyl (C=O) groups is 1. The van der Waals surface area contributed by atoms with E-state index in [1.807, 2.05) is 0 Å².